The molecule has 0 aliphatic heterocycles. The van der Waals surface area contributed by atoms with Crippen LogP contribution >= 0.6 is 0 Å². The van der Waals surface area contributed by atoms with E-state index in [1.807, 2.05) is 7.05 Å². The highest BCUT2D eigenvalue weighted by molar-refractivity contribution is 5.24. The molecule has 2 heteroatoms. The smallest absolute Gasteiger partial charge is 0.121 e. The van der Waals surface area contributed by atoms with Crippen molar-refractivity contribution in [3.05, 3.63) is 59.0 Å². The van der Waals surface area contributed by atoms with Gasteiger partial charge in [0, 0.05) is 6.42 Å². The molecule has 0 amide bonds. The number of aryl methyl sites for hydroxylation is 2. The first-order chi connectivity index (χ1) is 8.72. The molecule has 1 heterocycles. The molecule has 2 rings (SSSR count). The Balaban J connectivity index is 2.14. The second kappa shape index (κ2) is 5.87. The van der Waals surface area contributed by atoms with Crippen molar-refractivity contribution in [3.8, 4) is 0 Å². The predicted octanol–water partition coefficient (Wildman–Crippen LogP) is 3.65. The molecule has 1 N–H and O–H groups in total. The number of rotatable bonds is 5. The molecule has 0 bridgehead atoms. The topological polar surface area (TPSA) is 25.2 Å². The lowest BCUT2D eigenvalue weighted by atomic mass is 10.0. The van der Waals surface area contributed by atoms with E-state index in [9.17, 15) is 0 Å². The van der Waals surface area contributed by atoms with Crippen LogP contribution in [0.5, 0.6) is 0 Å². The minimum absolute atomic E-state index is 0.243. The maximum atomic E-state index is 5.83. The maximum Gasteiger partial charge on any atom is 0.121 e. The number of furan rings is 1. The Morgan fingerprint density at radius 1 is 1.22 bits per heavy atom. The molecule has 0 aliphatic rings. The van der Waals surface area contributed by atoms with Crippen LogP contribution in [0.2, 0.25) is 0 Å². The predicted molar refractivity (Wildman–Crippen MR) is 74.8 cm³/mol. The highest BCUT2D eigenvalue weighted by Crippen LogP contribution is 2.21. The molecule has 1 aromatic heterocycles. The van der Waals surface area contributed by atoms with E-state index >= 15 is 0 Å². The number of benzene rings is 1. The zero-order chi connectivity index (χ0) is 13.0. The fraction of sp³-hybridized carbons (Fsp3) is 0.375. The van der Waals surface area contributed by atoms with Crippen molar-refractivity contribution in [2.75, 3.05) is 7.05 Å². The number of hydrogen-bond acceptors (Lipinski definition) is 2. The van der Waals surface area contributed by atoms with E-state index in [-0.39, 0.29) is 6.04 Å². The second-order valence-corrected chi connectivity index (χ2v) is 4.69. The Bertz CT molecular complexity index is 501. The van der Waals surface area contributed by atoms with Crippen molar-refractivity contribution < 1.29 is 4.42 Å². The van der Waals surface area contributed by atoms with Gasteiger partial charge in [0.2, 0.25) is 0 Å². The number of likely N-dealkylation sites (N-methyl/N-ethyl adjacent to an activating group) is 1. The maximum absolute atomic E-state index is 5.83. The van der Waals surface area contributed by atoms with Gasteiger partial charge in [0.1, 0.15) is 11.5 Å². The lowest BCUT2D eigenvalue weighted by Gasteiger charge is -2.14. The van der Waals surface area contributed by atoms with Gasteiger partial charge in [-0.3, -0.25) is 0 Å². The van der Waals surface area contributed by atoms with Gasteiger partial charge < -0.3 is 9.73 Å². The highest BCUT2D eigenvalue weighted by Gasteiger charge is 2.14. The van der Waals surface area contributed by atoms with Gasteiger partial charge in [-0.05, 0) is 38.1 Å². The van der Waals surface area contributed by atoms with E-state index in [1.165, 1.54) is 11.1 Å². The van der Waals surface area contributed by atoms with Gasteiger partial charge in [0.05, 0.1) is 6.04 Å². The van der Waals surface area contributed by atoms with E-state index in [0.29, 0.717) is 0 Å². The average Bonchev–Trinajstić information content (AvgIpc) is 2.84. The van der Waals surface area contributed by atoms with Crippen molar-refractivity contribution in [1.82, 2.24) is 5.32 Å². The Hall–Kier alpha value is -1.54. The van der Waals surface area contributed by atoms with Gasteiger partial charge in [-0.1, -0.05) is 36.8 Å². The molecule has 1 aromatic carbocycles. The first-order valence-corrected chi connectivity index (χ1v) is 6.54. The molecule has 0 radical (unpaired) electrons. The van der Waals surface area contributed by atoms with Gasteiger partial charge in [0.25, 0.3) is 0 Å². The van der Waals surface area contributed by atoms with Crippen molar-refractivity contribution in [3.63, 3.8) is 0 Å². The summed E-state index contributed by atoms with van der Waals surface area (Å²) in [6, 6.07) is 13.0. The standard InChI is InChI=1S/C16H21NO/c1-4-14-8-9-16(18-14)15(17-3)11-13-7-5-6-12(2)10-13/h5-10,15,17H,4,11H2,1-3H3. The summed E-state index contributed by atoms with van der Waals surface area (Å²) in [7, 11) is 1.98. The summed E-state index contributed by atoms with van der Waals surface area (Å²) >= 11 is 0. The van der Waals surface area contributed by atoms with Crippen LogP contribution in [0.3, 0.4) is 0 Å². The fourth-order valence-corrected chi connectivity index (χ4v) is 2.19. The number of nitrogens with one attached hydrogen (secondary N) is 1. The van der Waals surface area contributed by atoms with Crippen molar-refractivity contribution in [2.45, 2.75) is 32.7 Å². The molecular formula is C16H21NO. The summed E-state index contributed by atoms with van der Waals surface area (Å²) in [6.07, 6.45) is 1.90. The first kappa shape index (κ1) is 12.9. The minimum Gasteiger partial charge on any atom is -0.464 e. The molecule has 0 aliphatic carbocycles. The first-order valence-electron chi connectivity index (χ1n) is 6.54. The number of hydrogen-bond donors (Lipinski definition) is 1. The largest absolute Gasteiger partial charge is 0.464 e. The van der Waals surface area contributed by atoms with E-state index in [0.717, 1.165) is 24.4 Å². The summed E-state index contributed by atoms with van der Waals surface area (Å²) in [5.41, 5.74) is 2.64. The van der Waals surface area contributed by atoms with Gasteiger partial charge in [0.15, 0.2) is 0 Å². The molecule has 0 fully saturated rings. The quantitative estimate of drug-likeness (QED) is 0.867. The molecule has 0 saturated carbocycles. The van der Waals surface area contributed by atoms with Gasteiger partial charge in [-0.2, -0.15) is 0 Å². The zero-order valence-electron chi connectivity index (χ0n) is 11.4. The molecule has 2 aromatic rings. The lowest BCUT2D eigenvalue weighted by Crippen LogP contribution is -2.18. The molecule has 1 unspecified atom stereocenters. The van der Waals surface area contributed by atoms with Gasteiger partial charge in [-0.15, -0.1) is 0 Å². The SMILES string of the molecule is CCc1ccc(C(Cc2cccc(C)c2)NC)o1. The summed E-state index contributed by atoms with van der Waals surface area (Å²) < 4.78 is 5.83. The molecule has 1 atom stereocenters. The zero-order valence-corrected chi connectivity index (χ0v) is 11.4. The summed E-state index contributed by atoms with van der Waals surface area (Å²) in [5, 5.41) is 3.33. The lowest BCUT2D eigenvalue weighted by molar-refractivity contribution is 0.407. The van der Waals surface area contributed by atoms with Crippen LogP contribution in [0.4, 0.5) is 0 Å². The molecule has 18 heavy (non-hydrogen) atoms. The van der Waals surface area contributed by atoms with Crippen molar-refractivity contribution in [1.29, 1.82) is 0 Å². The fourth-order valence-electron chi connectivity index (χ4n) is 2.19. The van der Waals surface area contributed by atoms with Crippen LogP contribution in [0.25, 0.3) is 0 Å². The molecule has 0 saturated heterocycles. The monoisotopic (exact) mass is 243 g/mol. The van der Waals surface area contributed by atoms with E-state index < -0.39 is 0 Å². The molecule has 96 valence electrons. The van der Waals surface area contributed by atoms with Crippen molar-refractivity contribution >= 4 is 0 Å². The van der Waals surface area contributed by atoms with Crippen LogP contribution < -0.4 is 5.32 Å². The normalized spacial score (nSPS) is 12.6. The Labute approximate surface area is 109 Å². The Morgan fingerprint density at radius 3 is 2.67 bits per heavy atom. The third-order valence-corrected chi connectivity index (χ3v) is 3.25. The summed E-state index contributed by atoms with van der Waals surface area (Å²) in [5.74, 6) is 2.07. The van der Waals surface area contributed by atoms with Gasteiger partial charge >= 0.3 is 0 Å². The van der Waals surface area contributed by atoms with Crippen LogP contribution in [-0.4, -0.2) is 7.05 Å². The second-order valence-electron chi connectivity index (χ2n) is 4.69. The molecule has 2 nitrogen and oxygen atoms in total. The Morgan fingerprint density at radius 2 is 2.06 bits per heavy atom. The van der Waals surface area contributed by atoms with Crippen molar-refractivity contribution in [2.24, 2.45) is 0 Å². The molecular weight excluding hydrogens is 222 g/mol. The highest BCUT2D eigenvalue weighted by atomic mass is 16.3. The van der Waals surface area contributed by atoms with E-state index in [1.54, 1.807) is 0 Å². The Kier molecular flexibility index (Phi) is 4.21. The third kappa shape index (κ3) is 3.02. The minimum atomic E-state index is 0.243. The van der Waals surface area contributed by atoms with Crippen LogP contribution in [0.1, 0.15) is 35.6 Å². The van der Waals surface area contributed by atoms with E-state index in [2.05, 4.69) is 55.6 Å². The third-order valence-electron chi connectivity index (χ3n) is 3.25. The van der Waals surface area contributed by atoms with Crippen LogP contribution in [0, 0.1) is 6.92 Å². The van der Waals surface area contributed by atoms with Crippen LogP contribution in [0.15, 0.2) is 40.8 Å². The summed E-state index contributed by atoms with van der Waals surface area (Å²) in [4.78, 5) is 0. The van der Waals surface area contributed by atoms with Gasteiger partial charge in [-0.25, -0.2) is 0 Å². The molecule has 0 spiro atoms. The average molecular weight is 243 g/mol. The van der Waals surface area contributed by atoms with Crippen LogP contribution in [-0.2, 0) is 12.8 Å². The van der Waals surface area contributed by atoms with E-state index in [4.69, 9.17) is 4.42 Å². The summed E-state index contributed by atoms with van der Waals surface area (Å²) in [6.45, 7) is 4.23.